The van der Waals surface area contributed by atoms with Crippen molar-refractivity contribution in [3.05, 3.63) is 0 Å². The Labute approximate surface area is 125 Å². The van der Waals surface area contributed by atoms with Gasteiger partial charge >= 0.3 is 5.97 Å². The number of rotatable bonds is 5. The number of nitrogens with one attached hydrogen (secondary N) is 1. The SMILES string of the molecule is CCC1C[C@H](C(=O)NC2CCCC2SC)[C@H](C(=O)O)C1. The predicted octanol–water partition coefficient (Wildman–Crippen LogP) is 2.52. The van der Waals surface area contributed by atoms with E-state index in [-0.39, 0.29) is 17.9 Å². The summed E-state index contributed by atoms with van der Waals surface area (Å²) in [7, 11) is 0. The summed E-state index contributed by atoms with van der Waals surface area (Å²) in [6.45, 7) is 2.07. The number of amides is 1. The van der Waals surface area contributed by atoms with Gasteiger partial charge in [-0.3, -0.25) is 9.59 Å². The Morgan fingerprint density at radius 3 is 2.55 bits per heavy atom. The summed E-state index contributed by atoms with van der Waals surface area (Å²) in [6, 6.07) is 0.229. The van der Waals surface area contributed by atoms with Gasteiger partial charge < -0.3 is 10.4 Å². The van der Waals surface area contributed by atoms with E-state index in [1.165, 1.54) is 0 Å². The van der Waals surface area contributed by atoms with E-state index >= 15 is 0 Å². The summed E-state index contributed by atoms with van der Waals surface area (Å²) in [6.07, 6.45) is 7.76. The van der Waals surface area contributed by atoms with Crippen molar-refractivity contribution in [1.82, 2.24) is 5.32 Å². The van der Waals surface area contributed by atoms with Gasteiger partial charge in [-0.15, -0.1) is 0 Å². The Bertz CT molecular complexity index is 374. The highest BCUT2D eigenvalue weighted by molar-refractivity contribution is 7.99. The second-order valence-electron chi connectivity index (χ2n) is 6.12. The number of hydrogen-bond donors (Lipinski definition) is 2. The van der Waals surface area contributed by atoms with Crippen molar-refractivity contribution in [3.8, 4) is 0 Å². The van der Waals surface area contributed by atoms with Gasteiger partial charge in [-0.05, 0) is 37.9 Å². The van der Waals surface area contributed by atoms with Crippen LogP contribution in [0, 0.1) is 17.8 Å². The molecule has 4 nitrogen and oxygen atoms in total. The standard InChI is InChI=1S/C15H25NO3S/c1-3-9-7-10(11(8-9)15(18)19)14(17)16-12-5-4-6-13(12)20-2/h9-13H,3-8H2,1-2H3,(H,16,17)(H,18,19)/t9?,10-,11+,12?,13?/m0/s1. The number of carboxylic acid groups (broad SMARTS) is 1. The third-order valence-corrected chi connectivity index (χ3v) is 6.14. The molecule has 0 heterocycles. The molecule has 5 atom stereocenters. The number of carbonyl (C=O) groups excluding carboxylic acids is 1. The lowest BCUT2D eigenvalue weighted by Gasteiger charge is -2.23. The molecule has 0 aromatic carbocycles. The minimum atomic E-state index is -0.811. The lowest BCUT2D eigenvalue weighted by Crippen LogP contribution is -2.43. The van der Waals surface area contributed by atoms with Crippen molar-refractivity contribution in [3.63, 3.8) is 0 Å². The molecule has 0 aromatic rings. The van der Waals surface area contributed by atoms with Crippen LogP contribution in [0.1, 0.15) is 45.4 Å². The van der Waals surface area contributed by atoms with E-state index in [1.807, 2.05) is 0 Å². The van der Waals surface area contributed by atoms with Crippen LogP contribution in [-0.2, 0) is 9.59 Å². The summed E-state index contributed by atoms with van der Waals surface area (Å²) in [5.41, 5.74) is 0. The van der Waals surface area contributed by atoms with E-state index in [0.29, 0.717) is 17.6 Å². The first kappa shape index (κ1) is 15.7. The molecule has 0 radical (unpaired) electrons. The van der Waals surface area contributed by atoms with Gasteiger partial charge in [0.1, 0.15) is 0 Å². The van der Waals surface area contributed by atoms with Crippen LogP contribution in [0.2, 0.25) is 0 Å². The second kappa shape index (κ2) is 6.83. The first-order chi connectivity index (χ1) is 9.56. The molecule has 5 heteroatoms. The molecule has 2 aliphatic carbocycles. The van der Waals surface area contributed by atoms with Gasteiger partial charge in [0.05, 0.1) is 11.8 Å². The molecular formula is C15H25NO3S. The van der Waals surface area contributed by atoms with Gasteiger partial charge in [0, 0.05) is 11.3 Å². The van der Waals surface area contributed by atoms with Crippen LogP contribution < -0.4 is 5.32 Å². The van der Waals surface area contributed by atoms with Crippen LogP contribution in [0.25, 0.3) is 0 Å². The van der Waals surface area contributed by atoms with Gasteiger partial charge in [0.25, 0.3) is 0 Å². The Hall–Kier alpha value is -0.710. The van der Waals surface area contributed by atoms with Crippen LogP contribution in [-0.4, -0.2) is 34.5 Å². The Kier molecular flexibility index (Phi) is 5.35. The van der Waals surface area contributed by atoms with Gasteiger partial charge in [0.2, 0.25) is 5.91 Å². The Morgan fingerprint density at radius 2 is 1.95 bits per heavy atom. The van der Waals surface area contributed by atoms with Crippen molar-refractivity contribution in [1.29, 1.82) is 0 Å². The van der Waals surface area contributed by atoms with Gasteiger partial charge in [-0.25, -0.2) is 0 Å². The summed E-state index contributed by atoms with van der Waals surface area (Å²) >= 11 is 1.81. The number of aliphatic carboxylic acids is 1. The molecule has 0 aromatic heterocycles. The highest BCUT2D eigenvalue weighted by atomic mass is 32.2. The van der Waals surface area contributed by atoms with E-state index < -0.39 is 11.9 Å². The van der Waals surface area contributed by atoms with E-state index in [2.05, 4.69) is 18.5 Å². The predicted molar refractivity (Wildman–Crippen MR) is 80.7 cm³/mol. The molecule has 3 unspecified atom stereocenters. The van der Waals surface area contributed by atoms with E-state index in [9.17, 15) is 14.7 Å². The highest BCUT2D eigenvalue weighted by Gasteiger charge is 2.43. The topological polar surface area (TPSA) is 66.4 Å². The second-order valence-corrected chi connectivity index (χ2v) is 7.19. The van der Waals surface area contributed by atoms with Gasteiger partial charge in [-0.1, -0.05) is 19.8 Å². The fourth-order valence-electron chi connectivity index (χ4n) is 3.70. The van der Waals surface area contributed by atoms with Gasteiger partial charge in [0.15, 0.2) is 0 Å². The van der Waals surface area contributed by atoms with E-state index in [4.69, 9.17) is 0 Å². The number of carboxylic acids is 1. The zero-order valence-corrected chi connectivity index (χ0v) is 13.1. The summed E-state index contributed by atoms with van der Waals surface area (Å²) < 4.78 is 0. The lowest BCUT2D eigenvalue weighted by molar-refractivity contribution is -0.146. The largest absolute Gasteiger partial charge is 0.481 e. The van der Waals surface area contributed by atoms with Gasteiger partial charge in [-0.2, -0.15) is 11.8 Å². The molecule has 1 amide bonds. The highest BCUT2D eigenvalue weighted by Crippen LogP contribution is 2.39. The first-order valence-electron chi connectivity index (χ1n) is 7.62. The smallest absolute Gasteiger partial charge is 0.307 e. The van der Waals surface area contributed by atoms with Crippen LogP contribution in [0.4, 0.5) is 0 Å². The quantitative estimate of drug-likeness (QED) is 0.818. The van der Waals surface area contributed by atoms with Crippen LogP contribution in [0.15, 0.2) is 0 Å². The van der Waals surface area contributed by atoms with E-state index in [1.54, 1.807) is 11.8 Å². The molecule has 0 saturated heterocycles. The van der Waals surface area contributed by atoms with Crippen LogP contribution in [0.3, 0.4) is 0 Å². The fraction of sp³-hybridized carbons (Fsp3) is 0.867. The third-order valence-electron chi connectivity index (χ3n) is 4.97. The molecule has 2 saturated carbocycles. The molecule has 0 bridgehead atoms. The Balaban J connectivity index is 1.98. The first-order valence-corrected chi connectivity index (χ1v) is 8.91. The molecule has 114 valence electrons. The Morgan fingerprint density at radius 1 is 1.25 bits per heavy atom. The van der Waals surface area contributed by atoms with E-state index in [0.717, 1.165) is 32.1 Å². The summed E-state index contributed by atoms with van der Waals surface area (Å²) in [5, 5.41) is 12.9. The number of hydrogen-bond acceptors (Lipinski definition) is 3. The summed E-state index contributed by atoms with van der Waals surface area (Å²) in [5.74, 6) is -1.28. The lowest BCUT2D eigenvalue weighted by atomic mass is 9.95. The fourth-order valence-corrected chi connectivity index (χ4v) is 4.64. The molecule has 0 spiro atoms. The van der Waals surface area contributed by atoms with Crippen molar-refractivity contribution >= 4 is 23.6 Å². The molecular weight excluding hydrogens is 274 g/mol. The average Bonchev–Trinajstić information content (AvgIpc) is 3.04. The monoisotopic (exact) mass is 299 g/mol. The normalized spacial score (nSPS) is 37.0. The molecule has 2 aliphatic rings. The third kappa shape index (κ3) is 3.30. The maximum absolute atomic E-state index is 12.5. The van der Waals surface area contributed by atoms with Crippen LogP contribution in [0.5, 0.6) is 0 Å². The maximum atomic E-state index is 12.5. The zero-order valence-electron chi connectivity index (χ0n) is 12.3. The molecule has 20 heavy (non-hydrogen) atoms. The number of carbonyl (C=O) groups is 2. The minimum absolute atomic E-state index is 0.0284. The minimum Gasteiger partial charge on any atom is -0.481 e. The van der Waals surface area contributed by atoms with Crippen molar-refractivity contribution in [2.24, 2.45) is 17.8 Å². The molecule has 2 fully saturated rings. The average molecular weight is 299 g/mol. The van der Waals surface area contributed by atoms with Crippen LogP contribution >= 0.6 is 11.8 Å². The van der Waals surface area contributed by atoms with Crippen molar-refractivity contribution in [2.75, 3.05) is 6.26 Å². The zero-order chi connectivity index (χ0) is 14.7. The molecule has 2 N–H and O–H groups in total. The molecule has 0 aliphatic heterocycles. The maximum Gasteiger partial charge on any atom is 0.307 e. The van der Waals surface area contributed by atoms with Crippen molar-refractivity contribution in [2.45, 2.75) is 56.7 Å². The molecule has 2 rings (SSSR count). The summed E-state index contributed by atoms with van der Waals surface area (Å²) in [4.78, 5) is 23.8. The van der Waals surface area contributed by atoms with Crippen molar-refractivity contribution < 1.29 is 14.7 Å². The number of thioether (sulfide) groups is 1.